The third-order valence-electron chi connectivity index (χ3n) is 4.06. The Morgan fingerprint density at radius 3 is 1.97 bits per heavy atom. The van der Waals surface area contributed by atoms with Crippen LogP contribution in [0.1, 0.15) is 25.8 Å². The average molecular weight is 412 g/mol. The highest BCUT2D eigenvalue weighted by Gasteiger charge is 2.30. The molecule has 0 amide bonds. The molecular formula is C21H23F3O5. The zero-order valence-corrected chi connectivity index (χ0v) is 16.4. The van der Waals surface area contributed by atoms with Crippen LogP contribution in [0, 0.1) is 0 Å². The maximum absolute atomic E-state index is 12.6. The quantitative estimate of drug-likeness (QED) is 0.528. The first-order valence-corrected chi connectivity index (χ1v) is 9.03. The summed E-state index contributed by atoms with van der Waals surface area (Å²) in [6.45, 7) is 3.80. The molecule has 0 bridgehead atoms. The van der Waals surface area contributed by atoms with E-state index >= 15 is 0 Å². The third kappa shape index (κ3) is 6.98. The normalized spacial score (nSPS) is 13.4. The first-order chi connectivity index (χ1) is 13.7. The van der Waals surface area contributed by atoms with Gasteiger partial charge in [-0.1, -0.05) is 0 Å². The molecule has 29 heavy (non-hydrogen) atoms. The van der Waals surface area contributed by atoms with Crippen molar-refractivity contribution in [2.24, 2.45) is 0 Å². The van der Waals surface area contributed by atoms with Gasteiger partial charge in [0.1, 0.15) is 29.5 Å². The lowest BCUT2D eigenvalue weighted by Gasteiger charge is -2.23. The second kappa shape index (κ2) is 10.2. The molecule has 2 aromatic rings. The summed E-state index contributed by atoms with van der Waals surface area (Å²) < 4.78 is 59.4. The standard InChI is InChI=1S/C21H23F3O5/c1-4-27-20(25)13-19(26-3)14(2)28-16-9-11-18(12-10-16)29-17-7-5-15(6-8-17)21(22,23)24/h5-12,14,19H,4,13H2,1-3H3. The molecule has 0 saturated heterocycles. The van der Waals surface area contributed by atoms with Crippen LogP contribution >= 0.6 is 0 Å². The fourth-order valence-corrected chi connectivity index (χ4v) is 2.55. The second-order valence-corrected chi connectivity index (χ2v) is 6.20. The summed E-state index contributed by atoms with van der Waals surface area (Å²) in [5.74, 6) is 0.895. The predicted octanol–water partition coefficient (Wildman–Crippen LogP) is 5.23. The number of hydrogen-bond donors (Lipinski definition) is 0. The van der Waals surface area contributed by atoms with Gasteiger partial charge in [0.2, 0.25) is 0 Å². The molecule has 2 unspecified atom stereocenters. The van der Waals surface area contributed by atoms with Gasteiger partial charge in [-0.2, -0.15) is 13.2 Å². The molecule has 5 nitrogen and oxygen atoms in total. The first-order valence-electron chi connectivity index (χ1n) is 9.03. The van der Waals surface area contributed by atoms with Gasteiger partial charge in [-0.25, -0.2) is 0 Å². The third-order valence-corrected chi connectivity index (χ3v) is 4.06. The maximum atomic E-state index is 12.6. The van der Waals surface area contributed by atoms with E-state index in [1.807, 2.05) is 0 Å². The van der Waals surface area contributed by atoms with Crippen LogP contribution in [0.2, 0.25) is 0 Å². The molecule has 0 N–H and O–H groups in total. The summed E-state index contributed by atoms with van der Waals surface area (Å²) in [5.41, 5.74) is -0.738. The molecule has 0 aliphatic carbocycles. The summed E-state index contributed by atoms with van der Waals surface area (Å²) in [5, 5.41) is 0. The lowest BCUT2D eigenvalue weighted by molar-refractivity contribution is -0.147. The predicted molar refractivity (Wildman–Crippen MR) is 100 cm³/mol. The molecule has 2 rings (SSSR count). The Morgan fingerprint density at radius 2 is 1.48 bits per heavy atom. The number of carbonyl (C=O) groups excluding carboxylic acids is 1. The number of halogens is 3. The van der Waals surface area contributed by atoms with E-state index in [9.17, 15) is 18.0 Å². The summed E-state index contributed by atoms with van der Waals surface area (Å²) >= 11 is 0. The van der Waals surface area contributed by atoms with Gasteiger partial charge in [-0.3, -0.25) is 4.79 Å². The van der Waals surface area contributed by atoms with E-state index in [4.69, 9.17) is 18.9 Å². The lowest BCUT2D eigenvalue weighted by Crippen LogP contribution is -2.33. The van der Waals surface area contributed by atoms with Gasteiger partial charge in [0, 0.05) is 7.11 Å². The molecule has 158 valence electrons. The molecule has 0 heterocycles. The summed E-state index contributed by atoms with van der Waals surface area (Å²) in [6, 6.07) is 11.0. The van der Waals surface area contributed by atoms with Crippen LogP contribution in [0.3, 0.4) is 0 Å². The van der Waals surface area contributed by atoms with Gasteiger partial charge < -0.3 is 18.9 Å². The Morgan fingerprint density at radius 1 is 0.966 bits per heavy atom. The van der Waals surface area contributed by atoms with Crippen molar-refractivity contribution in [1.29, 1.82) is 0 Å². The van der Waals surface area contributed by atoms with Crippen molar-refractivity contribution in [1.82, 2.24) is 0 Å². The zero-order valence-electron chi connectivity index (χ0n) is 16.4. The van der Waals surface area contributed by atoms with Crippen LogP contribution in [-0.2, 0) is 20.4 Å². The van der Waals surface area contributed by atoms with E-state index in [1.165, 1.54) is 19.2 Å². The van der Waals surface area contributed by atoms with Crippen LogP contribution in [0.25, 0.3) is 0 Å². The highest BCUT2D eigenvalue weighted by Crippen LogP contribution is 2.31. The second-order valence-electron chi connectivity index (χ2n) is 6.20. The molecule has 0 aliphatic rings. The molecule has 0 fully saturated rings. The van der Waals surface area contributed by atoms with Gasteiger partial charge in [0.05, 0.1) is 18.6 Å². The number of alkyl halides is 3. The number of hydrogen-bond acceptors (Lipinski definition) is 5. The molecule has 0 aromatic heterocycles. The Hall–Kier alpha value is -2.74. The number of rotatable bonds is 9. The van der Waals surface area contributed by atoms with E-state index in [0.717, 1.165) is 12.1 Å². The van der Waals surface area contributed by atoms with Gasteiger partial charge in [0.15, 0.2) is 0 Å². The van der Waals surface area contributed by atoms with E-state index < -0.39 is 23.9 Å². The SMILES string of the molecule is CCOC(=O)CC(OC)C(C)Oc1ccc(Oc2ccc(C(F)(F)F)cc2)cc1. The van der Waals surface area contributed by atoms with Gasteiger partial charge >= 0.3 is 12.1 Å². The molecule has 8 heteroatoms. The highest BCUT2D eigenvalue weighted by atomic mass is 19.4. The minimum Gasteiger partial charge on any atom is -0.488 e. The minimum absolute atomic E-state index is 0.0701. The van der Waals surface area contributed by atoms with Crippen LogP contribution in [0.4, 0.5) is 13.2 Å². The van der Waals surface area contributed by atoms with E-state index in [-0.39, 0.29) is 18.1 Å². The number of ether oxygens (including phenoxy) is 4. The zero-order chi connectivity index (χ0) is 21.4. The van der Waals surface area contributed by atoms with Crippen LogP contribution in [-0.4, -0.2) is 31.9 Å². The smallest absolute Gasteiger partial charge is 0.416 e. The van der Waals surface area contributed by atoms with Crippen molar-refractivity contribution in [2.75, 3.05) is 13.7 Å². The molecule has 0 aliphatic heterocycles. The molecule has 0 spiro atoms. The van der Waals surface area contributed by atoms with E-state index in [1.54, 1.807) is 38.1 Å². The van der Waals surface area contributed by atoms with Crippen LogP contribution in [0.15, 0.2) is 48.5 Å². The van der Waals surface area contributed by atoms with Crippen molar-refractivity contribution in [3.05, 3.63) is 54.1 Å². The van der Waals surface area contributed by atoms with Crippen molar-refractivity contribution in [3.63, 3.8) is 0 Å². The molecule has 0 radical (unpaired) electrons. The number of methoxy groups -OCH3 is 1. The van der Waals surface area contributed by atoms with E-state index in [0.29, 0.717) is 18.1 Å². The fraction of sp³-hybridized carbons (Fsp3) is 0.381. The largest absolute Gasteiger partial charge is 0.488 e. The van der Waals surface area contributed by atoms with E-state index in [2.05, 4.69) is 0 Å². The fourth-order valence-electron chi connectivity index (χ4n) is 2.55. The maximum Gasteiger partial charge on any atom is 0.416 e. The van der Waals surface area contributed by atoms with Gasteiger partial charge in [-0.15, -0.1) is 0 Å². The Kier molecular flexibility index (Phi) is 7.90. The van der Waals surface area contributed by atoms with Crippen molar-refractivity contribution < 1.29 is 36.9 Å². The lowest BCUT2D eigenvalue weighted by atomic mass is 10.1. The Balaban J connectivity index is 1.94. The van der Waals surface area contributed by atoms with Gasteiger partial charge in [-0.05, 0) is 62.4 Å². The van der Waals surface area contributed by atoms with Crippen molar-refractivity contribution >= 4 is 5.97 Å². The summed E-state index contributed by atoms with van der Waals surface area (Å²) in [4.78, 5) is 11.6. The van der Waals surface area contributed by atoms with Crippen molar-refractivity contribution in [2.45, 2.75) is 38.7 Å². The molecule has 2 atom stereocenters. The Bertz CT molecular complexity index is 772. The number of benzene rings is 2. The van der Waals surface area contributed by atoms with Gasteiger partial charge in [0.25, 0.3) is 0 Å². The van der Waals surface area contributed by atoms with Crippen LogP contribution < -0.4 is 9.47 Å². The Labute approximate surface area is 167 Å². The number of esters is 1. The molecule has 2 aromatic carbocycles. The summed E-state index contributed by atoms with van der Waals surface area (Å²) in [6.07, 6.45) is -5.20. The first kappa shape index (κ1) is 22.5. The average Bonchev–Trinajstić information content (AvgIpc) is 2.67. The molecule has 0 saturated carbocycles. The van der Waals surface area contributed by atoms with Crippen LogP contribution in [0.5, 0.6) is 17.2 Å². The highest BCUT2D eigenvalue weighted by molar-refractivity contribution is 5.70. The monoisotopic (exact) mass is 412 g/mol. The molecular weight excluding hydrogens is 389 g/mol. The topological polar surface area (TPSA) is 54.0 Å². The summed E-state index contributed by atoms with van der Waals surface area (Å²) in [7, 11) is 1.49. The number of carbonyl (C=O) groups is 1. The van der Waals surface area contributed by atoms with Crippen molar-refractivity contribution in [3.8, 4) is 17.2 Å². The minimum atomic E-state index is -4.39.